The fourth-order valence-electron chi connectivity index (χ4n) is 2.80. The lowest BCUT2D eigenvalue weighted by Gasteiger charge is -2.21. The van der Waals surface area contributed by atoms with Crippen molar-refractivity contribution in [2.75, 3.05) is 33.8 Å². The Morgan fingerprint density at radius 3 is 2.80 bits per heavy atom. The summed E-state index contributed by atoms with van der Waals surface area (Å²) in [5, 5.41) is 3.43. The quantitative estimate of drug-likeness (QED) is 0.802. The standard InChI is InChI=1S/C16H24N2O2/c1-18-10-6-9-14(18)11-17-12-15(16(19)20-2)13-7-4-3-5-8-13/h3-5,7-8,14-15,17H,6,9-12H2,1-2H3. The average molecular weight is 276 g/mol. The van der Waals surface area contributed by atoms with Crippen molar-refractivity contribution in [1.29, 1.82) is 0 Å². The molecule has 1 aliphatic heterocycles. The van der Waals surface area contributed by atoms with Crippen LogP contribution >= 0.6 is 0 Å². The number of hydrogen-bond donors (Lipinski definition) is 1. The van der Waals surface area contributed by atoms with Crippen molar-refractivity contribution >= 4 is 5.97 Å². The summed E-state index contributed by atoms with van der Waals surface area (Å²) >= 11 is 0. The molecule has 0 saturated carbocycles. The maximum Gasteiger partial charge on any atom is 0.314 e. The van der Waals surface area contributed by atoms with Crippen LogP contribution in [-0.2, 0) is 9.53 Å². The maximum absolute atomic E-state index is 11.9. The normalized spacial score (nSPS) is 20.8. The maximum atomic E-state index is 11.9. The van der Waals surface area contributed by atoms with Crippen LogP contribution in [-0.4, -0.2) is 50.7 Å². The van der Waals surface area contributed by atoms with Crippen LogP contribution < -0.4 is 5.32 Å². The summed E-state index contributed by atoms with van der Waals surface area (Å²) in [6, 6.07) is 10.4. The van der Waals surface area contributed by atoms with E-state index in [0.29, 0.717) is 12.6 Å². The first-order chi connectivity index (χ1) is 9.72. The summed E-state index contributed by atoms with van der Waals surface area (Å²) in [5.74, 6) is -0.406. The van der Waals surface area contributed by atoms with E-state index in [9.17, 15) is 4.79 Å². The molecule has 0 spiro atoms. The number of carbonyl (C=O) groups is 1. The second-order valence-electron chi connectivity index (χ2n) is 5.42. The van der Waals surface area contributed by atoms with Crippen LogP contribution in [0.1, 0.15) is 24.3 Å². The molecule has 20 heavy (non-hydrogen) atoms. The molecule has 0 amide bonds. The van der Waals surface area contributed by atoms with Gasteiger partial charge in [0.2, 0.25) is 0 Å². The fourth-order valence-corrected chi connectivity index (χ4v) is 2.80. The molecule has 4 nitrogen and oxygen atoms in total. The molecule has 110 valence electrons. The highest BCUT2D eigenvalue weighted by Gasteiger charge is 2.23. The Morgan fingerprint density at radius 1 is 1.45 bits per heavy atom. The van der Waals surface area contributed by atoms with Crippen molar-refractivity contribution in [3.05, 3.63) is 35.9 Å². The van der Waals surface area contributed by atoms with Crippen LogP contribution in [0.15, 0.2) is 30.3 Å². The number of likely N-dealkylation sites (tertiary alicyclic amines) is 1. The zero-order valence-electron chi connectivity index (χ0n) is 12.3. The summed E-state index contributed by atoms with van der Waals surface area (Å²) in [6.07, 6.45) is 2.50. The van der Waals surface area contributed by atoms with Crippen molar-refractivity contribution in [3.8, 4) is 0 Å². The van der Waals surface area contributed by atoms with Gasteiger partial charge in [0.05, 0.1) is 13.0 Å². The molecule has 4 heteroatoms. The third kappa shape index (κ3) is 3.81. The van der Waals surface area contributed by atoms with Crippen LogP contribution in [0.4, 0.5) is 0 Å². The van der Waals surface area contributed by atoms with Crippen molar-refractivity contribution in [2.45, 2.75) is 24.8 Å². The summed E-state index contributed by atoms with van der Waals surface area (Å²) in [5.41, 5.74) is 1.01. The summed E-state index contributed by atoms with van der Waals surface area (Å²) in [7, 11) is 3.61. The smallest absolute Gasteiger partial charge is 0.314 e. The van der Waals surface area contributed by atoms with Crippen molar-refractivity contribution < 1.29 is 9.53 Å². The van der Waals surface area contributed by atoms with Crippen molar-refractivity contribution in [3.63, 3.8) is 0 Å². The molecule has 2 rings (SSSR count). The van der Waals surface area contributed by atoms with Crippen molar-refractivity contribution in [1.82, 2.24) is 10.2 Å². The number of esters is 1. The SMILES string of the molecule is COC(=O)C(CNCC1CCCN1C)c1ccccc1. The second-order valence-corrected chi connectivity index (χ2v) is 5.42. The molecule has 1 aromatic rings. The summed E-state index contributed by atoms with van der Waals surface area (Å²) in [4.78, 5) is 14.3. The molecule has 0 aliphatic carbocycles. The molecule has 1 heterocycles. The molecule has 1 fully saturated rings. The number of likely N-dealkylation sites (N-methyl/N-ethyl adjacent to an activating group) is 1. The van der Waals surface area contributed by atoms with Crippen LogP contribution in [0, 0.1) is 0 Å². The highest BCUT2D eigenvalue weighted by Crippen LogP contribution is 2.17. The highest BCUT2D eigenvalue weighted by molar-refractivity contribution is 5.78. The highest BCUT2D eigenvalue weighted by atomic mass is 16.5. The predicted molar refractivity (Wildman–Crippen MR) is 79.7 cm³/mol. The van der Waals surface area contributed by atoms with E-state index in [-0.39, 0.29) is 11.9 Å². The molecule has 0 radical (unpaired) electrons. The molecule has 2 unspecified atom stereocenters. The predicted octanol–water partition coefficient (Wildman–Crippen LogP) is 1.63. The fraction of sp³-hybridized carbons (Fsp3) is 0.562. The second kappa shape index (κ2) is 7.41. The van der Waals surface area contributed by atoms with E-state index in [2.05, 4.69) is 17.3 Å². The Hall–Kier alpha value is -1.39. The molecule has 1 aliphatic rings. The van der Waals surface area contributed by atoms with Gasteiger partial charge in [-0.3, -0.25) is 4.79 Å². The summed E-state index contributed by atoms with van der Waals surface area (Å²) < 4.78 is 4.92. The number of nitrogens with one attached hydrogen (secondary N) is 1. The van der Waals surface area contributed by atoms with Gasteiger partial charge < -0.3 is 15.0 Å². The summed E-state index contributed by atoms with van der Waals surface area (Å²) in [6.45, 7) is 2.73. The van der Waals surface area contributed by atoms with Gasteiger partial charge in [-0.15, -0.1) is 0 Å². The van der Waals surface area contributed by atoms with Crippen molar-refractivity contribution in [2.24, 2.45) is 0 Å². The number of methoxy groups -OCH3 is 1. The average Bonchev–Trinajstić information content (AvgIpc) is 2.89. The van der Waals surface area contributed by atoms with Gasteiger partial charge in [-0.1, -0.05) is 30.3 Å². The van der Waals surface area contributed by atoms with E-state index in [1.807, 2.05) is 30.3 Å². The molecule has 1 saturated heterocycles. The molecular weight excluding hydrogens is 252 g/mol. The van der Waals surface area contributed by atoms with Gasteiger partial charge in [-0.25, -0.2) is 0 Å². The first-order valence-corrected chi connectivity index (χ1v) is 7.26. The topological polar surface area (TPSA) is 41.6 Å². The Morgan fingerprint density at radius 2 is 2.20 bits per heavy atom. The number of hydrogen-bond acceptors (Lipinski definition) is 4. The van der Waals surface area contributed by atoms with Gasteiger partial charge in [0.25, 0.3) is 0 Å². The first-order valence-electron chi connectivity index (χ1n) is 7.26. The van der Waals surface area contributed by atoms with E-state index in [1.165, 1.54) is 26.5 Å². The van der Waals surface area contributed by atoms with Gasteiger partial charge >= 0.3 is 5.97 Å². The Labute approximate surface area is 121 Å². The number of nitrogens with zero attached hydrogens (tertiary/aromatic N) is 1. The number of rotatable bonds is 6. The number of carbonyl (C=O) groups excluding carboxylic acids is 1. The minimum atomic E-state index is -0.229. The monoisotopic (exact) mass is 276 g/mol. The van der Waals surface area contributed by atoms with E-state index in [4.69, 9.17) is 4.74 Å². The Kier molecular flexibility index (Phi) is 5.56. The molecule has 1 N–H and O–H groups in total. The zero-order valence-corrected chi connectivity index (χ0v) is 12.3. The van der Waals surface area contributed by atoms with Gasteiger partial charge in [0.15, 0.2) is 0 Å². The van der Waals surface area contributed by atoms with E-state index < -0.39 is 0 Å². The molecule has 0 bridgehead atoms. The van der Waals surface area contributed by atoms with E-state index >= 15 is 0 Å². The lowest BCUT2D eigenvalue weighted by atomic mass is 9.99. The minimum Gasteiger partial charge on any atom is -0.469 e. The third-order valence-electron chi connectivity index (χ3n) is 4.09. The van der Waals surface area contributed by atoms with E-state index in [1.54, 1.807) is 0 Å². The van der Waals surface area contributed by atoms with Crippen LogP contribution in [0.2, 0.25) is 0 Å². The molecular formula is C16H24N2O2. The van der Waals surface area contributed by atoms with Crippen LogP contribution in [0.25, 0.3) is 0 Å². The third-order valence-corrected chi connectivity index (χ3v) is 4.09. The largest absolute Gasteiger partial charge is 0.469 e. The zero-order chi connectivity index (χ0) is 14.4. The number of benzene rings is 1. The van der Waals surface area contributed by atoms with Gasteiger partial charge in [0, 0.05) is 19.1 Å². The van der Waals surface area contributed by atoms with Gasteiger partial charge in [-0.2, -0.15) is 0 Å². The lowest BCUT2D eigenvalue weighted by molar-refractivity contribution is -0.142. The Bertz CT molecular complexity index is 422. The molecule has 0 aromatic heterocycles. The lowest BCUT2D eigenvalue weighted by Crippen LogP contribution is -2.38. The van der Waals surface area contributed by atoms with Crippen LogP contribution in [0.5, 0.6) is 0 Å². The van der Waals surface area contributed by atoms with Gasteiger partial charge in [-0.05, 0) is 32.0 Å². The van der Waals surface area contributed by atoms with Crippen LogP contribution in [0.3, 0.4) is 0 Å². The van der Waals surface area contributed by atoms with E-state index in [0.717, 1.165) is 12.1 Å². The first kappa shape index (κ1) is 15.0. The number of ether oxygens (including phenoxy) is 1. The minimum absolute atomic E-state index is 0.177. The molecule has 2 atom stereocenters. The Balaban J connectivity index is 1.90. The van der Waals surface area contributed by atoms with Gasteiger partial charge in [0.1, 0.15) is 0 Å². The molecule has 1 aromatic carbocycles.